The Morgan fingerprint density at radius 1 is 0.767 bits per heavy atom. The van der Waals surface area contributed by atoms with Crippen molar-refractivity contribution in [3.8, 4) is 17.6 Å². The number of benzene rings is 3. The number of aryl methyl sites for hydroxylation is 1. The molecule has 1 heterocycles. The third-order valence-electron chi connectivity index (χ3n) is 6.28. The summed E-state index contributed by atoms with van der Waals surface area (Å²) in [6, 6.07) is 22.3. The van der Waals surface area contributed by atoms with Gasteiger partial charge < -0.3 is 33.9 Å². The van der Waals surface area contributed by atoms with E-state index >= 15 is 0 Å². The number of rotatable bonds is 13. The fraction of sp³-hybridized carbons (Fsp3) is 0.303. The van der Waals surface area contributed by atoms with Crippen LogP contribution in [0.1, 0.15) is 28.7 Å². The number of amides is 2. The summed E-state index contributed by atoms with van der Waals surface area (Å²) < 4.78 is 25.8. The number of ether oxygens (including phenoxy) is 5. The first-order valence-electron chi connectivity index (χ1n) is 14.0. The topological polar surface area (TPSA) is 113 Å². The number of hydrogen-bond acceptors (Lipinski definition) is 8. The Labute approximate surface area is 250 Å². The molecule has 1 aliphatic heterocycles. The molecule has 0 radical (unpaired) electrons. The summed E-state index contributed by atoms with van der Waals surface area (Å²) >= 11 is 0. The predicted molar refractivity (Wildman–Crippen MR) is 159 cm³/mol. The number of nitrogens with one attached hydrogen (secondary N) is 1. The van der Waals surface area contributed by atoms with Gasteiger partial charge in [-0.15, -0.1) is 0 Å². The van der Waals surface area contributed by atoms with Crippen molar-refractivity contribution in [1.29, 1.82) is 0 Å². The van der Waals surface area contributed by atoms with Crippen molar-refractivity contribution >= 4 is 23.8 Å². The Bertz CT molecular complexity index is 1450. The average Bonchev–Trinajstić information content (AvgIpc) is 3.00. The highest BCUT2D eigenvalue weighted by atomic mass is 16.7. The van der Waals surface area contributed by atoms with Gasteiger partial charge in [0.2, 0.25) is 5.91 Å². The van der Waals surface area contributed by atoms with E-state index in [1.807, 2.05) is 67.6 Å². The lowest BCUT2D eigenvalue weighted by Crippen LogP contribution is -2.35. The summed E-state index contributed by atoms with van der Waals surface area (Å²) in [5.74, 6) is 6.63. The Morgan fingerprint density at radius 2 is 1.40 bits per heavy atom. The van der Waals surface area contributed by atoms with Gasteiger partial charge in [-0.2, -0.15) is 0 Å². The largest absolute Gasteiger partial charge is 0.513 e. The first-order valence-corrected chi connectivity index (χ1v) is 14.0. The van der Waals surface area contributed by atoms with E-state index in [1.165, 1.54) is 0 Å². The van der Waals surface area contributed by atoms with Crippen LogP contribution in [-0.4, -0.2) is 64.3 Å². The molecule has 43 heavy (non-hydrogen) atoms. The fourth-order valence-electron chi connectivity index (χ4n) is 4.10. The van der Waals surface area contributed by atoms with Crippen LogP contribution in [0.25, 0.3) is 0 Å². The molecule has 0 atom stereocenters. The molecule has 0 spiro atoms. The first-order chi connectivity index (χ1) is 21.0. The quantitative estimate of drug-likeness (QED) is 0.134. The molecule has 0 saturated heterocycles. The molecule has 0 unspecified atom stereocenters. The molecule has 4 rings (SSSR count). The third-order valence-corrected chi connectivity index (χ3v) is 6.28. The number of carbonyl (C=O) groups is 3. The lowest BCUT2D eigenvalue weighted by molar-refractivity contribution is -0.118. The van der Waals surface area contributed by atoms with E-state index < -0.39 is 12.2 Å². The van der Waals surface area contributed by atoms with Crippen LogP contribution in [0.4, 0.5) is 15.3 Å². The number of anilines is 1. The Hall–Kier alpha value is -4.85. The molecule has 3 aromatic rings. The second-order valence-corrected chi connectivity index (χ2v) is 9.46. The number of fused-ring (bicyclic) bond motifs is 2. The summed E-state index contributed by atoms with van der Waals surface area (Å²) in [5, 5.41) is 2.61. The Balaban J connectivity index is 1.05. The van der Waals surface area contributed by atoms with E-state index in [2.05, 4.69) is 17.2 Å². The van der Waals surface area contributed by atoms with E-state index in [9.17, 15) is 14.4 Å². The molecule has 0 aromatic heterocycles. The van der Waals surface area contributed by atoms with Crippen LogP contribution in [0.15, 0.2) is 72.8 Å². The minimum absolute atomic E-state index is 0.0438. The van der Waals surface area contributed by atoms with Crippen molar-refractivity contribution in [2.75, 3.05) is 51.1 Å². The lowest BCUT2D eigenvalue weighted by Gasteiger charge is -2.26. The molecular formula is C33H34N2O8. The number of alkyl carbamates (subject to hydrolysis) is 1. The molecule has 0 fully saturated rings. The molecule has 0 saturated carbocycles. The summed E-state index contributed by atoms with van der Waals surface area (Å²) in [7, 11) is 0. The molecule has 0 bridgehead atoms. The van der Waals surface area contributed by atoms with Gasteiger partial charge in [0.05, 0.1) is 38.7 Å². The third kappa shape index (κ3) is 10.2. The molecule has 2 amide bonds. The van der Waals surface area contributed by atoms with Crippen LogP contribution < -0.4 is 15.0 Å². The highest BCUT2D eigenvalue weighted by Gasteiger charge is 2.21. The normalized spacial score (nSPS) is 11.5. The standard InChI is InChI=1S/C33H34N2O8/c1-25-10-14-29(15-11-25)43-33(38)42-23-21-40-19-18-39-20-22-41-32(37)34-17-16-31(36)35-24-28-8-3-2-6-26(28)12-13-27-7-4-5-9-30(27)35/h2-11,14-15H,16-24H2,1H3,(H,34,37). The van der Waals surface area contributed by atoms with Gasteiger partial charge in [0.15, 0.2) is 0 Å². The Morgan fingerprint density at radius 3 is 2.16 bits per heavy atom. The molecular weight excluding hydrogens is 552 g/mol. The number of nitrogens with zero attached hydrogens (tertiary/aromatic N) is 1. The van der Waals surface area contributed by atoms with E-state index in [-0.39, 0.29) is 58.5 Å². The number of hydrogen-bond donors (Lipinski definition) is 1. The maximum Gasteiger partial charge on any atom is 0.513 e. The molecule has 0 aliphatic carbocycles. The molecule has 10 heteroatoms. The van der Waals surface area contributed by atoms with Crippen LogP contribution in [-0.2, 0) is 30.3 Å². The maximum atomic E-state index is 13.2. The molecule has 1 aliphatic rings. The van der Waals surface area contributed by atoms with Crippen molar-refractivity contribution in [2.24, 2.45) is 0 Å². The average molecular weight is 587 g/mol. The van der Waals surface area contributed by atoms with Gasteiger partial charge in [0.25, 0.3) is 0 Å². The van der Waals surface area contributed by atoms with Crippen molar-refractivity contribution in [3.05, 3.63) is 95.1 Å². The van der Waals surface area contributed by atoms with E-state index in [1.54, 1.807) is 17.0 Å². The van der Waals surface area contributed by atoms with Gasteiger partial charge in [-0.25, -0.2) is 9.59 Å². The van der Waals surface area contributed by atoms with Crippen LogP contribution >= 0.6 is 0 Å². The van der Waals surface area contributed by atoms with E-state index in [0.29, 0.717) is 12.3 Å². The SMILES string of the molecule is Cc1ccc(OC(=O)OCCOCCOCCOC(=O)NCCC(=O)N2Cc3ccccc3C#Cc3ccccc32)cc1. The zero-order chi connectivity index (χ0) is 30.3. The fourth-order valence-corrected chi connectivity index (χ4v) is 4.10. The smallest absolute Gasteiger partial charge is 0.447 e. The van der Waals surface area contributed by atoms with Crippen LogP contribution in [0.3, 0.4) is 0 Å². The monoisotopic (exact) mass is 586 g/mol. The van der Waals surface area contributed by atoms with Crippen LogP contribution in [0.5, 0.6) is 5.75 Å². The minimum Gasteiger partial charge on any atom is -0.447 e. The first kappa shape index (κ1) is 31.1. The number of para-hydroxylation sites is 1. The molecule has 224 valence electrons. The molecule has 1 N–H and O–H groups in total. The summed E-state index contributed by atoms with van der Waals surface area (Å²) in [5.41, 5.74) is 4.42. The predicted octanol–water partition coefficient (Wildman–Crippen LogP) is 4.61. The van der Waals surface area contributed by atoms with Crippen LogP contribution in [0, 0.1) is 18.8 Å². The summed E-state index contributed by atoms with van der Waals surface area (Å²) in [4.78, 5) is 38.6. The van der Waals surface area contributed by atoms with Gasteiger partial charge in [0, 0.05) is 24.1 Å². The highest BCUT2D eigenvalue weighted by molar-refractivity contribution is 5.95. The van der Waals surface area contributed by atoms with Gasteiger partial charge in [0.1, 0.15) is 19.0 Å². The van der Waals surface area contributed by atoms with Crippen molar-refractivity contribution in [2.45, 2.75) is 19.9 Å². The lowest BCUT2D eigenvalue weighted by atomic mass is 10.0. The maximum absolute atomic E-state index is 13.2. The highest BCUT2D eigenvalue weighted by Crippen LogP contribution is 2.25. The Kier molecular flexibility index (Phi) is 12.0. The second kappa shape index (κ2) is 16.6. The van der Waals surface area contributed by atoms with Crippen molar-refractivity contribution in [1.82, 2.24) is 5.32 Å². The van der Waals surface area contributed by atoms with E-state index in [4.69, 9.17) is 23.7 Å². The molecule has 10 nitrogen and oxygen atoms in total. The van der Waals surface area contributed by atoms with Crippen molar-refractivity contribution < 1.29 is 38.1 Å². The summed E-state index contributed by atoms with van der Waals surface area (Å²) in [6.45, 7) is 3.46. The van der Waals surface area contributed by atoms with Gasteiger partial charge in [-0.05, 0) is 42.8 Å². The second-order valence-electron chi connectivity index (χ2n) is 9.46. The van der Waals surface area contributed by atoms with Gasteiger partial charge in [-0.3, -0.25) is 4.79 Å². The van der Waals surface area contributed by atoms with Gasteiger partial charge >= 0.3 is 12.2 Å². The summed E-state index contributed by atoms with van der Waals surface area (Å²) in [6.07, 6.45) is -1.33. The number of carbonyl (C=O) groups excluding carboxylic acids is 3. The van der Waals surface area contributed by atoms with E-state index in [0.717, 1.165) is 27.9 Å². The van der Waals surface area contributed by atoms with Gasteiger partial charge in [-0.1, -0.05) is 59.9 Å². The van der Waals surface area contributed by atoms with Crippen LogP contribution in [0.2, 0.25) is 0 Å². The minimum atomic E-state index is -0.799. The molecule has 3 aromatic carbocycles. The zero-order valence-electron chi connectivity index (χ0n) is 24.0. The van der Waals surface area contributed by atoms with Crippen molar-refractivity contribution in [3.63, 3.8) is 0 Å². The zero-order valence-corrected chi connectivity index (χ0v) is 24.0.